The van der Waals surface area contributed by atoms with E-state index < -0.39 is 35.0 Å². The molecule has 0 radical (unpaired) electrons. The Morgan fingerprint density at radius 2 is 1.52 bits per heavy atom. The minimum Gasteiger partial charge on any atom is -0.345 e. The van der Waals surface area contributed by atoms with Crippen molar-refractivity contribution in [1.82, 2.24) is 10.8 Å². The van der Waals surface area contributed by atoms with Crippen LogP contribution >= 0.6 is 0 Å². The highest BCUT2D eigenvalue weighted by Gasteiger charge is 2.33. The zero-order valence-corrected chi connectivity index (χ0v) is 16.5. The third kappa shape index (κ3) is 5.57. The van der Waals surface area contributed by atoms with Crippen LogP contribution in [0.15, 0.2) is 42.5 Å². The van der Waals surface area contributed by atoms with Crippen LogP contribution < -0.4 is 10.8 Å². The van der Waals surface area contributed by atoms with E-state index >= 15 is 0 Å². The molecular weight excluding hydrogens is 385 g/mol. The Bertz CT molecular complexity index is 901. The van der Waals surface area contributed by atoms with E-state index in [2.05, 4.69) is 5.32 Å². The molecule has 29 heavy (non-hydrogen) atoms. The zero-order valence-electron chi connectivity index (χ0n) is 16.5. The minimum atomic E-state index is -4.55. The summed E-state index contributed by atoms with van der Waals surface area (Å²) in [7, 11) is 0. The summed E-state index contributed by atoms with van der Waals surface area (Å²) in [6.07, 6.45) is -4.55. The van der Waals surface area contributed by atoms with Gasteiger partial charge in [-0.15, -0.1) is 0 Å². The molecule has 0 aromatic heterocycles. The molecule has 0 fully saturated rings. The highest BCUT2D eigenvalue weighted by molar-refractivity contribution is 5.95. The van der Waals surface area contributed by atoms with Crippen LogP contribution in [0.3, 0.4) is 0 Å². The van der Waals surface area contributed by atoms with Crippen LogP contribution in [0.2, 0.25) is 0 Å². The number of hydrogen-bond donors (Lipinski definition) is 3. The van der Waals surface area contributed by atoms with Gasteiger partial charge in [-0.2, -0.15) is 13.2 Å². The Balaban J connectivity index is 2.35. The fraction of sp³-hybridized carbons (Fsp3) is 0.333. The van der Waals surface area contributed by atoms with Gasteiger partial charge in [-0.3, -0.25) is 14.8 Å². The van der Waals surface area contributed by atoms with Crippen molar-refractivity contribution in [2.75, 3.05) is 0 Å². The summed E-state index contributed by atoms with van der Waals surface area (Å²) in [4.78, 5) is 24.2. The van der Waals surface area contributed by atoms with Crippen LogP contribution in [0.1, 0.15) is 64.2 Å². The molecular formula is C21H23F3N2O3. The fourth-order valence-corrected chi connectivity index (χ4v) is 2.98. The van der Waals surface area contributed by atoms with Gasteiger partial charge in [0.2, 0.25) is 0 Å². The van der Waals surface area contributed by atoms with Crippen molar-refractivity contribution in [2.45, 2.75) is 39.9 Å². The number of nitrogens with one attached hydrogen (secondary N) is 2. The van der Waals surface area contributed by atoms with Crippen molar-refractivity contribution in [3.05, 3.63) is 70.3 Å². The molecule has 0 saturated carbocycles. The van der Waals surface area contributed by atoms with Crippen LogP contribution in [0.4, 0.5) is 13.2 Å². The summed E-state index contributed by atoms with van der Waals surface area (Å²) in [5.41, 5.74) is 1.34. The van der Waals surface area contributed by atoms with Crippen molar-refractivity contribution in [2.24, 2.45) is 5.41 Å². The lowest BCUT2D eigenvalue weighted by atomic mass is 9.82. The molecule has 156 valence electrons. The van der Waals surface area contributed by atoms with Crippen LogP contribution in [0.5, 0.6) is 0 Å². The van der Waals surface area contributed by atoms with Crippen LogP contribution in [0, 0.1) is 12.3 Å². The van der Waals surface area contributed by atoms with Crippen molar-refractivity contribution in [3.8, 4) is 0 Å². The number of alkyl halides is 3. The maximum Gasteiger partial charge on any atom is 0.416 e. The third-order valence-corrected chi connectivity index (χ3v) is 4.42. The molecule has 2 aromatic rings. The van der Waals surface area contributed by atoms with Gasteiger partial charge in [-0.1, -0.05) is 32.9 Å². The van der Waals surface area contributed by atoms with E-state index in [0.717, 1.165) is 12.1 Å². The molecule has 5 nitrogen and oxygen atoms in total. The van der Waals surface area contributed by atoms with Gasteiger partial charge >= 0.3 is 6.18 Å². The molecule has 0 spiro atoms. The number of aryl methyl sites for hydroxylation is 1. The summed E-state index contributed by atoms with van der Waals surface area (Å²) in [6.45, 7) is 7.13. The standard InChI is InChI=1S/C21H23F3N2O3/c1-12-9-15(11-16(10-12)21(22,23)24)18(27)25-17(20(2,3)4)13-5-7-14(8-6-13)19(28)26-29/h5-11,17,29H,1-4H3,(H,25,27)(H,26,28). The number of benzene rings is 2. The topological polar surface area (TPSA) is 78.4 Å². The largest absolute Gasteiger partial charge is 0.416 e. The molecule has 3 N–H and O–H groups in total. The highest BCUT2D eigenvalue weighted by atomic mass is 19.4. The van der Waals surface area contributed by atoms with E-state index in [4.69, 9.17) is 5.21 Å². The molecule has 0 bridgehead atoms. The number of rotatable bonds is 4. The first-order valence-corrected chi connectivity index (χ1v) is 8.87. The molecule has 2 rings (SSSR count). The van der Waals surface area contributed by atoms with Gasteiger partial charge in [0, 0.05) is 11.1 Å². The van der Waals surface area contributed by atoms with Gasteiger partial charge in [0.1, 0.15) is 0 Å². The lowest BCUT2D eigenvalue weighted by Gasteiger charge is -2.32. The van der Waals surface area contributed by atoms with Crippen LogP contribution in [0.25, 0.3) is 0 Å². The normalized spacial score (nSPS) is 13.0. The molecule has 0 aliphatic rings. The third-order valence-electron chi connectivity index (χ3n) is 4.42. The molecule has 1 atom stereocenters. The first kappa shape index (κ1) is 22.4. The van der Waals surface area contributed by atoms with Gasteiger partial charge < -0.3 is 5.32 Å². The molecule has 0 saturated heterocycles. The van der Waals surface area contributed by atoms with Gasteiger partial charge in [-0.25, -0.2) is 5.48 Å². The molecule has 2 aromatic carbocycles. The van der Waals surface area contributed by atoms with Gasteiger partial charge in [0.25, 0.3) is 11.8 Å². The Kier molecular flexibility index (Phi) is 6.37. The number of carbonyl (C=O) groups excluding carboxylic acids is 2. The van der Waals surface area contributed by atoms with Crippen molar-refractivity contribution >= 4 is 11.8 Å². The monoisotopic (exact) mass is 408 g/mol. The predicted octanol–water partition coefficient (Wildman–Crippen LogP) is 4.65. The second-order valence-electron chi connectivity index (χ2n) is 7.92. The molecule has 0 aliphatic carbocycles. The smallest absolute Gasteiger partial charge is 0.345 e. The van der Waals surface area contributed by atoms with Gasteiger partial charge in [0.05, 0.1) is 11.6 Å². The number of amides is 2. The lowest BCUT2D eigenvalue weighted by molar-refractivity contribution is -0.137. The highest BCUT2D eigenvalue weighted by Crippen LogP contribution is 2.34. The number of halogens is 3. The second-order valence-corrected chi connectivity index (χ2v) is 7.92. The maximum absolute atomic E-state index is 13.1. The van der Waals surface area contributed by atoms with Gasteiger partial charge in [-0.05, 0) is 53.8 Å². The average molecular weight is 408 g/mol. The number of hydrogen-bond acceptors (Lipinski definition) is 3. The Morgan fingerprint density at radius 3 is 2.00 bits per heavy atom. The van der Waals surface area contributed by atoms with E-state index in [1.807, 2.05) is 20.8 Å². The van der Waals surface area contributed by atoms with E-state index in [-0.39, 0.29) is 11.1 Å². The number of carbonyl (C=O) groups is 2. The van der Waals surface area contributed by atoms with E-state index in [0.29, 0.717) is 11.1 Å². The fourth-order valence-electron chi connectivity index (χ4n) is 2.98. The van der Waals surface area contributed by atoms with Crippen LogP contribution in [-0.2, 0) is 6.18 Å². The molecule has 2 amide bonds. The average Bonchev–Trinajstić information content (AvgIpc) is 2.63. The molecule has 0 aliphatic heterocycles. The summed E-state index contributed by atoms with van der Waals surface area (Å²) in [6, 6.07) is 8.91. The Morgan fingerprint density at radius 1 is 0.931 bits per heavy atom. The lowest BCUT2D eigenvalue weighted by Crippen LogP contribution is -2.36. The first-order valence-electron chi connectivity index (χ1n) is 8.87. The van der Waals surface area contributed by atoms with E-state index in [1.54, 1.807) is 12.1 Å². The number of hydroxylamine groups is 1. The summed E-state index contributed by atoms with van der Waals surface area (Å²) in [5, 5.41) is 11.5. The quantitative estimate of drug-likeness (QED) is 0.509. The predicted molar refractivity (Wildman–Crippen MR) is 102 cm³/mol. The van der Waals surface area contributed by atoms with Gasteiger partial charge in [0.15, 0.2) is 0 Å². The summed E-state index contributed by atoms with van der Waals surface area (Å²) < 4.78 is 39.2. The molecule has 8 heteroatoms. The molecule has 1 unspecified atom stereocenters. The Hall–Kier alpha value is -2.87. The van der Waals surface area contributed by atoms with Crippen molar-refractivity contribution < 1.29 is 28.0 Å². The van der Waals surface area contributed by atoms with Crippen molar-refractivity contribution in [1.29, 1.82) is 0 Å². The Labute approximate surface area is 166 Å². The van der Waals surface area contributed by atoms with E-state index in [1.165, 1.54) is 30.6 Å². The first-order chi connectivity index (χ1) is 13.3. The van der Waals surface area contributed by atoms with Crippen molar-refractivity contribution in [3.63, 3.8) is 0 Å². The summed E-state index contributed by atoms with van der Waals surface area (Å²) >= 11 is 0. The molecule has 0 heterocycles. The zero-order chi connectivity index (χ0) is 22.0. The SMILES string of the molecule is Cc1cc(C(=O)NC(c2ccc(C(=O)NO)cc2)C(C)(C)C)cc(C(F)(F)F)c1. The summed E-state index contributed by atoms with van der Waals surface area (Å²) in [5.74, 6) is -1.30. The maximum atomic E-state index is 13.1. The van der Waals surface area contributed by atoms with E-state index in [9.17, 15) is 22.8 Å². The second kappa shape index (κ2) is 8.24. The minimum absolute atomic E-state index is 0.0807. The van der Waals surface area contributed by atoms with Crippen LogP contribution in [-0.4, -0.2) is 17.0 Å².